The third kappa shape index (κ3) is 6.24. The molecule has 2 heterocycles. The first kappa shape index (κ1) is 20.2. The largest absolute Gasteiger partial charge is 0.491 e. The van der Waals surface area contributed by atoms with Crippen molar-refractivity contribution in [3.8, 4) is 5.75 Å². The number of carbonyl (C=O) groups excluding carboxylic acids is 1. The Hall–Kier alpha value is -1.54. The molecule has 0 bridgehead atoms. The van der Waals surface area contributed by atoms with Gasteiger partial charge in [0.05, 0.1) is 17.7 Å². The zero-order valence-corrected chi connectivity index (χ0v) is 16.7. The van der Waals surface area contributed by atoms with E-state index in [0.29, 0.717) is 23.9 Å². The fraction of sp³-hybridized carbons (Fsp3) is 0.632. The molecule has 0 aliphatic carbocycles. The van der Waals surface area contributed by atoms with Crippen LogP contribution < -0.4 is 10.1 Å². The number of rotatable bonds is 6. The molecule has 2 aliphatic heterocycles. The van der Waals surface area contributed by atoms with Crippen molar-refractivity contribution in [2.75, 3.05) is 72.6 Å². The number of carbonyl (C=O) groups is 1. The second kappa shape index (κ2) is 10.1. The molecule has 2 amide bonds. The number of benzene rings is 1. The van der Waals surface area contributed by atoms with Gasteiger partial charge in [0.1, 0.15) is 12.4 Å². The summed E-state index contributed by atoms with van der Waals surface area (Å²) in [6, 6.07) is 7.50. The lowest BCUT2D eigenvalue weighted by Crippen LogP contribution is -2.54. The molecule has 0 saturated carbocycles. The molecule has 2 saturated heterocycles. The van der Waals surface area contributed by atoms with Gasteiger partial charge in [-0.2, -0.15) is 0 Å². The zero-order valence-electron chi connectivity index (χ0n) is 15.9. The molecule has 1 N–H and O–H groups in total. The van der Waals surface area contributed by atoms with Crippen LogP contribution in [-0.2, 0) is 4.74 Å². The van der Waals surface area contributed by atoms with Crippen LogP contribution in [0.2, 0.25) is 5.02 Å². The summed E-state index contributed by atoms with van der Waals surface area (Å²) in [6.07, 6.45) is 0.0796. The highest BCUT2D eigenvalue weighted by Crippen LogP contribution is 2.22. The molecule has 3 rings (SSSR count). The Morgan fingerprint density at radius 1 is 1.26 bits per heavy atom. The topological polar surface area (TPSA) is 57.3 Å². The maximum atomic E-state index is 12.4. The maximum Gasteiger partial charge on any atom is 0.317 e. The highest BCUT2D eigenvalue weighted by Gasteiger charge is 2.23. The Morgan fingerprint density at radius 3 is 2.78 bits per heavy atom. The van der Waals surface area contributed by atoms with Crippen LogP contribution in [0.25, 0.3) is 0 Å². The van der Waals surface area contributed by atoms with Crippen molar-refractivity contribution in [1.82, 2.24) is 20.0 Å². The van der Waals surface area contributed by atoms with Crippen molar-refractivity contribution >= 4 is 17.6 Å². The van der Waals surface area contributed by atoms with Gasteiger partial charge in [0.25, 0.3) is 0 Å². The summed E-state index contributed by atoms with van der Waals surface area (Å²) in [4.78, 5) is 18.8. The van der Waals surface area contributed by atoms with Gasteiger partial charge in [-0.1, -0.05) is 23.7 Å². The average Bonchev–Trinajstić information content (AvgIpc) is 2.68. The van der Waals surface area contributed by atoms with Gasteiger partial charge in [0.15, 0.2) is 0 Å². The highest BCUT2D eigenvalue weighted by molar-refractivity contribution is 6.32. The monoisotopic (exact) mass is 396 g/mol. The first-order valence-corrected chi connectivity index (χ1v) is 9.92. The summed E-state index contributed by atoms with van der Waals surface area (Å²) in [5.74, 6) is 0.716. The number of likely N-dealkylation sites (N-methyl/N-ethyl adjacent to an activating group) is 1. The summed E-state index contributed by atoms with van der Waals surface area (Å²) in [5.41, 5.74) is 0. The van der Waals surface area contributed by atoms with Crippen molar-refractivity contribution in [2.45, 2.75) is 6.10 Å². The Labute approximate surface area is 166 Å². The van der Waals surface area contributed by atoms with Crippen LogP contribution in [0.4, 0.5) is 4.79 Å². The van der Waals surface area contributed by atoms with E-state index in [0.717, 1.165) is 52.4 Å². The van der Waals surface area contributed by atoms with Gasteiger partial charge >= 0.3 is 6.03 Å². The third-order valence-electron chi connectivity index (χ3n) is 4.98. The fourth-order valence-electron chi connectivity index (χ4n) is 3.32. The average molecular weight is 397 g/mol. The molecular weight excluding hydrogens is 368 g/mol. The molecule has 0 spiro atoms. The quantitative estimate of drug-likeness (QED) is 0.787. The number of para-hydroxylation sites is 1. The smallest absolute Gasteiger partial charge is 0.317 e. The summed E-state index contributed by atoms with van der Waals surface area (Å²) >= 11 is 6.09. The normalized spacial score (nSPS) is 21.9. The first-order valence-electron chi connectivity index (χ1n) is 9.54. The molecule has 1 unspecified atom stereocenters. The summed E-state index contributed by atoms with van der Waals surface area (Å²) in [7, 11) is 2.08. The molecule has 0 aromatic heterocycles. The Morgan fingerprint density at radius 2 is 2.04 bits per heavy atom. The first-order chi connectivity index (χ1) is 13.1. The molecule has 8 heteroatoms. The van der Waals surface area contributed by atoms with E-state index in [1.54, 1.807) is 0 Å². The molecular formula is C19H29ClN4O3. The highest BCUT2D eigenvalue weighted by atomic mass is 35.5. The SMILES string of the molecule is CN1CCOC(CNC(=O)N2CCN(CCOc3ccccc3Cl)CC2)C1. The standard InChI is InChI=1S/C19H29ClN4O3/c1-22-10-12-26-16(15-22)14-21-19(25)24-8-6-23(7-9-24)11-13-27-18-5-3-2-4-17(18)20/h2-5,16H,6-15H2,1H3,(H,21,25). The van der Waals surface area contributed by atoms with Crippen LogP contribution in [-0.4, -0.2) is 99.5 Å². The van der Waals surface area contributed by atoms with E-state index in [2.05, 4.69) is 22.2 Å². The minimum Gasteiger partial charge on any atom is -0.491 e. The second-order valence-corrected chi connectivity index (χ2v) is 7.46. The number of morpholine rings is 1. The van der Waals surface area contributed by atoms with E-state index in [1.165, 1.54) is 0 Å². The third-order valence-corrected chi connectivity index (χ3v) is 5.30. The van der Waals surface area contributed by atoms with Crippen LogP contribution in [0.3, 0.4) is 0 Å². The zero-order chi connectivity index (χ0) is 19.1. The Kier molecular flexibility index (Phi) is 7.58. The van der Waals surface area contributed by atoms with Gasteiger partial charge in [-0.3, -0.25) is 4.90 Å². The molecule has 2 fully saturated rings. The number of halogens is 1. The summed E-state index contributed by atoms with van der Waals surface area (Å²) in [6.45, 7) is 7.66. The van der Waals surface area contributed by atoms with Crippen LogP contribution in [0.5, 0.6) is 5.75 Å². The van der Waals surface area contributed by atoms with Crippen molar-refractivity contribution in [1.29, 1.82) is 0 Å². The van der Waals surface area contributed by atoms with Gasteiger partial charge in [-0.15, -0.1) is 0 Å². The second-order valence-electron chi connectivity index (χ2n) is 7.05. The van der Waals surface area contributed by atoms with E-state index in [-0.39, 0.29) is 12.1 Å². The maximum absolute atomic E-state index is 12.4. The van der Waals surface area contributed by atoms with Crippen LogP contribution in [0.1, 0.15) is 0 Å². The van der Waals surface area contributed by atoms with Crippen molar-refractivity contribution < 1.29 is 14.3 Å². The summed E-state index contributed by atoms with van der Waals surface area (Å²) < 4.78 is 11.4. The van der Waals surface area contributed by atoms with E-state index in [1.807, 2.05) is 29.2 Å². The molecule has 27 heavy (non-hydrogen) atoms. The number of piperazine rings is 1. The Balaban J connectivity index is 1.31. The number of nitrogens with one attached hydrogen (secondary N) is 1. The number of urea groups is 1. The van der Waals surface area contributed by atoms with Crippen molar-refractivity contribution in [3.63, 3.8) is 0 Å². The lowest BCUT2D eigenvalue weighted by Gasteiger charge is -2.35. The van der Waals surface area contributed by atoms with Crippen molar-refractivity contribution in [2.24, 2.45) is 0 Å². The van der Waals surface area contributed by atoms with Gasteiger partial charge in [0.2, 0.25) is 0 Å². The van der Waals surface area contributed by atoms with E-state index in [4.69, 9.17) is 21.1 Å². The molecule has 1 atom stereocenters. The minimum atomic E-state index is -0.00112. The number of nitrogens with zero attached hydrogens (tertiary/aromatic N) is 3. The van der Waals surface area contributed by atoms with Crippen molar-refractivity contribution in [3.05, 3.63) is 29.3 Å². The lowest BCUT2D eigenvalue weighted by molar-refractivity contribution is -0.0174. The molecule has 7 nitrogen and oxygen atoms in total. The molecule has 1 aromatic rings. The number of hydrogen-bond donors (Lipinski definition) is 1. The minimum absolute atomic E-state index is 0.00112. The molecule has 1 aromatic carbocycles. The van der Waals surface area contributed by atoms with E-state index < -0.39 is 0 Å². The van der Waals surface area contributed by atoms with Gasteiger partial charge < -0.3 is 24.6 Å². The number of hydrogen-bond acceptors (Lipinski definition) is 5. The fourth-order valence-corrected chi connectivity index (χ4v) is 3.51. The van der Waals surface area contributed by atoms with Crippen LogP contribution in [0.15, 0.2) is 24.3 Å². The van der Waals surface area contributed by atoms with Gasteiger partial charge in [-0.25, -0.2) is 4.79 Å². The van der Waals surface area contributed by atoms with E-state index >= 15 is 0 Å². The van der Waals surface area contributed by atoms with E-state index in [9.17, 15) is 4.79 Å². The predicted octanol–water partition coefficient (Wildman–Crippen LogP) is 1.38. The molecule has 2 aliphatic rings. The Bertz CT molecular complexity index is 610. The molecule has 0 radical (unpaired) electrons. The summed E-state index contributed by atoms with van der Waals surface area (Å²) in [5, 5.41) is 3.64. The van der Waals surface area contributed by atoms with Crippen LogP contribution in [0, 0.1) is 0 Å². The molecule has 150 valence electrons. The number of ether oxygens (including phenoxy) is 2. The number of amides is 2. The predicted molar refractivity (Wildman–Crippen MR) is 106 cm³/mol. The van der Waals surface area contributed by atoms with Gasteiger partial charge in [0, 0.05) is 52.4 Å². The lowest BCUT2D eigenvalue weighted by atomic mass is 10.3. The van der Waals surface area contributed by atoms with Crippen LogP contribution >= 0.6 is 11.6 Å². The van der Waals surface area contributed by atoms with Gasteiger partial charge in [-0.05, 0) is 19.2 Å².